The summed E-state index contributed by atoms with van der Waals surface area (Å²) in [6.07, 6.45) is 0.812. The fourth-order valence-corrected chi connectivity index (χ4v) is 5.47. The molecule has 0 fully saturated rings. The van der Waals surface area contributed by atoms with E-state index in [1.165, 1.54) is 23.4 Å². The molecule has 0 amide bonds. The Balaban J connectivity index is 1.70. The van der Waals surface area contributed by atoms with Gasteiger partial charge < -0.3 is 9.64 Å². The normalized spacial score (nSPS) is 16.2. The summed E-state index contributed by atoms with van der Waals surface area (Å²) in [7, 11) is 1.65. The Morgan fingerprint density at radius 2 is 1.94 bits per heavy atom. The second-order valence-corrected chi connectivity index (χ2v) is 9.03. The Bertz CT molecular complexity index is 1100. The Hall–Kier alpha value is -2.54. The monoisotopic (exact) mass is 443 g/mol. The number of hydrogen-bond acceptors (Lipinski definition) is 4. The lowest BCUT2D eigenvalue weighted by Gasteiger charge is -2.25. The molecule has 1 atom stereocenters. The van der Waals surface area contributed by atoms with Crippen LogP contribution in [0.5, 0.6) is 5.75 Å². The van der Waals surface area contributed by atoms with Gasteiger partial charge in [-0.05, 0) is 63.1 Å². The first-order valence-electron chi connectivity index (χ1n) is 10.5. The highest BCUT2D eigenvalue weighted by Crippen LogP contribution is 2.47. The van der Waals surface area contributed by atoms with E-state index in [0.29, 0.717) is 0 Å². The molecule has 0 N–H and O–H groups in total. The van der Waals surface area contributed by atoms with Crippen LogP contribution >= 0.6 is 11.8 Å². The Morgan fingerprint density at radius 1 is 1.13 bits per heavy atom. The fourth-order valence-electron chi connectivity index (χ4n) is 4.16. The van der Waals surface area contributed by atoms with E-state index in [2.05, 4.69) is 36.8 Å². The van der Waals surface area contributed by atoms with Gasteiger partial charge in [-0.25, -0.2) is 8.78 Å². The number of rotatable bonds is 5. The number of fused-ring (bicyclic) bond motifs is 1. The van der Waals surface area contributed by atoms with E-state index in [9.17, 15) is 8.78 Å². The number of halogens is 2. The quantitative estimate of drug-likeness (QED) is 0.480. The highest BCUT2D eigenvalue weighted by atomic mass is 32.2. The van der Waals surface area contributed by atoms with Gasteiger partial charge in [0.1, 0.15) is 5.75 Å². The summed E-state index contributed by atoms with van der Waals surface area (Å²) in [6, 6.07) is 10.3. The zero-order chi connectivity index (χ0) is 22.1. The van der Waals surface area contributed by atoms with Gasteiger partial charge in [0.05, 0.1) is 18.5 Å². The van der Waals surface area contributed by atoms with Gasteiger partial charge in [0, 0.05) is 41.0 Å². The molecule has 3 aromatic rings. The van der Waals surface area contributed by atoms with E-state index >= 15 is 0 Å². The highest BCUT2D eigenvalue weighted by Gasteiger charge is 2.26. The van der Waals surface area contributed by atoms with E-state index in [1.807, 2.05) is 16.8 Å². The molecule has 0 saturated carbocycles. The standard InChI is InChI=1S/C24H27F2N3OS/c1-5-29-16(3)19(15(2)27-29)14-28-11-10-23(17-6-8-20(25)21(26)12-17)31-24-13-18(30-4)7-9-22(24)28/h6-9,12-13,23H,5,10-11,14H2,1-4H3. The molecule has 0 spiro atoms. The molecule has 1 aliphatic heterocycles. The smallest absolute Gasteiger partial charge is 0.159 e. The van der Waals surface area contributed by atoms with Crippen LogP contribution in [0.2, 0.25) is 0 Å². The minimum atomic E-state index is -0.815. The Kier molecular flexibility index (Phi) is 6.23. The second kappa shape index (κ2) is 8.91. The zero-order valence-electron chi connectivity index (χ0n) is 18.3. The third kappa shape index (κ3) is 4.28. The minimum absolute atomic E-state index is 0.0199. The number of ether oxygens (including phenoxy) is 1. The third-order valence-electron chi connectivity index (χ3n) is 5.93. The number of benzene rings is 2. The number of methoxy groups -OCH3 is 1. The molecule has 4 nitrogen and oxygen atoms in total. The van der Waals surface area contributed by atoms with Crippen molar-refractivity contribution in [3.05, 3.63) is 70.5 Å². The van der Waals surface area contributed by atoms with Crippen molar-refractivity contribution in [2.75, 3.05) is 18.6 Å². The van der Waals surface area contributed by atoms with Crippen LogP contribution in [0.1, 0.15) is 41.1 Å². The number of thioether (sulfide) groups is 1. The van der Waals surface area contributed by atoms with E-state index in [1.54, 1.807) is 24.9 Å². The van der Waals surface area contributed by atoms with Crippen LogP contribution in [-0.2, 0) is 13.1 Å². The van der Waals surface area contributed by atoms with Crippen molar-refractivity contribution in [2.45, 2.75) is 50.4 Å². The zero-order valence-corrected chi connectivity index (χ0v) is 19.1. The second-order valence-electron chi connectivity index (χ2n) is 7.79. The molecule has 1 unspecified atom stereocenters. The van der Waals surface area contributed by atoms with Crippen molar-refractivity contribution in [2.24, 2.45) is 0 Å². The Labute approximate surface area is 186 Å². The number of hydrogen-bond donors (Lipinski definition) is 0. The molecule has 0 bridgehead atoms. The number of aryl methyl sites for hydroxylation is 2. The number of anilines is 1. The molecule has 0 radical (unpaired) electrons. The molecule has 1 aliphatic rings. The summed E-state index contributed by atoms with van der Waals surface area (Å²) in [4.78, 5) is 3.43. The molecule has 2 heterocycles. The van der Waals surface area contributed by atoms with Crippen LogP contribution in [0, 0.1) is 25.5 Å². The number of aromatic nitrogens is 2. The van der Waals surface area contributed by atoms with Crippen LogP contribution in [0.15, 0.2) is 41.3 Å². The molecular formula is C24H27F2N3OS. The van der Waals surface area contributed by atoms with E-state index in [-0.39, 0.29) is 5.25 Å². The summed E-state index contributed by atoms with van der Waals surface area (Å²) >= 11 is 1.68. The van der Waals surface area contributed by atoms with Crippen molar-refractivity contribution in [1.82, 2.24) is 9.78 Å². The van der Waals surface area contributed by atoms with Crippen molar-refractivity contribution in [3.63, 3.8) is 0 Å². The van der Waals surface area contributed by atoms with Gasteiger partial charge in [-0.15, -0.1) is 11.8 Å². The van der Waals surface area contributed by atoms with E-state index in [0.717, 1.165) is 53.6 Å². The minimum Gasteiger partial charge on any atom is -0.497 e. The summed E-state index contributed by atoms with van der Waals surface area (Å²) in [6.45, 7) is 8.66. The molecule has 2 aromatic carbocycles. The van der Waals surface area contributed by atoms with Crippen molar-refractivity contribution in [1.29, 1.82) is 0 Å². The van der Waals surface area contributed by atoms with Gasteiger partial charge in [0.15, 0.2) is 11.6 Å². The largest absolute Gasteiger partial charge is 0.497 e. The van der Waals surface area contributed by atoms with Crippen LogP contribution in [0.25, 0.3) is 0 Å². The maximum atomic E-state index is 13.9. The van der Waals surface area contributed by atoms with Gasteiger partial charge in [-0.3, -0.25) is 4.68 Å². The SMILES string of the molecule is CCn1nc(C)c(CN2CCC(c3ccc(F)c(F)c3)Sc3cc(OC)ccc32)c1C. The summed E-state index contributed by atoms with van der Waals surface area (Å²) < 4.78 is 34.9. The van der Waals surface area contributed by atoms with Gasteiger partial charge in [-0.2, -0.15) is 5.10 Å². The van der Waals surface area contributed by atoms with Crippen molar-refractivity contribution < 1.29 is 13.5 Å². The first-order chi connectivity index (χ1) is 14.9. The Morgan fingerprint density at radius 3 is 2.61 bits per heavy atom. The van der Waals surface area contributed by atoms with Crippen molar-refractivity contribution in [3.8, 4) is 5.75 Å². The first-order valence-corrected chi connectivity index (χ1v) is 11.4. The molecule has 1 aromatic heterocycles. The molecule has 7 heteroatoms. The predicted octanol–water partition coefficient (Wildman–Crippen LogP) is 6.05. The van der Waals surface area contributed by atoms with Gasteiger partial charge in [0.2, 0.25) is 0 Å². The van der Waals surface area contributed by atoms with Crippen LogP contribution in [0.4, 0.5) is 14.5 Å². The van der Waals surface area contributed by atoms with Gasteiger partial charge in [-0.1, -0.05) is 6.07 Å². The summed E-state index contributed by atoms with van der Waals surface area (Å²) in [5.74, 6) is -0.837. The third-order valence-corrected chi connectivity index (χ3v) is 7.31. The lowest BCUT2D eigenvalue weighted by atomic mass is 10.1. The topological polar surface area (TPSA) is 30.3 Å². The summed E-state index contributed by atoms with van der Waals surface area (Å²) in [5.41, 5.74) is 5.39. The van der Waals surface area contributed by atoms with Crippen molar-refractivity contribution >= 4 is 17.4 Å². The predicted molar refractivity (Wildman–Crippen MR) is 121 cm³/mol. The molecule has 31 heavy (non-hydrogen) atoms. The lowest BCUT2D eigenvalue weighted by molar-refractivity contribution is 0.413. The van der Waals surface area contributed by atoms with Crippen LogP contribution < -0.4 is 9.64 Å². The average molecular weight is 444 g/mol. The maximum Gasteiger partial charge on any atom is 0.159 e. The first kappa shape index (κ1) is 21.7. The molecule has 0 aliphatic carbocycles. The van der Waals surface area contributed by atoms with E-state index in [4.69, 9.17) is 4.74 Å². The van der Waals surface area contributed by atoms with Crippen LogP contribution in [-0.4, -0.2) is 23.4 Å². The molecule has 4 rings (SSSR count). The average Bonchev–Trinajstić information content (AvgIpc) is 2.93. The van der Waals surface area contributed by atoms with Gasteiger partial charge >= 0.3 is 0 Å². The van der Waals surface area contributed by atoms with Gasteiger partial charge in [0.25, 0.3) is 0 Å². The number of nitrogens with zero attached hydrogens (tertiary/aromatic N) is 3. The molecule has 0 saturated heterocycles. The summed E-state index contributed by atoms with van der Waals surface area (Å²) in [5, 5.41) is 4.69. The highest BCUT2D eigenvalue weighted by molar-refractivity contribution is 7.99. The van der Waals surface area contributed by atoms with E-state index < -0.39 is 11.6 Å². The lowest BCUT2D eigenvalue weighted by Crippen LogP contribution is -2.24. The fraction of sp³-hybridized carbons (Fsp3) is 0.375. The molecule has 164 valence electrons. The van der Waals surface area contributed by atoms with Crippen LogP contribution in [0.3, 0.4) is 0 Å². The molecular weight excluding hydrogens is 416 g/mol. The maximum absolute atomic E-state index is 13.9.